The van der Waals surface area contributed by atoms with Crippen LogP contribution < -0.4 is 0 Å². The highest BCUT2D eigenvalue weighted by Crippen LogP contribution is 2.30. The highest BCUT2D eigenvalue weighted by Gasteiger charge is 2.12. The van der Waals surface area contributed by atoms with E-state index in [1.54, 1.807) is 12.3 Å². The molecule has 0 atom stereocenters. The van der Waals surface area contributed by atoms with Crippen LogP contribution in [0.2, 0.25) is 0 Å². The molecule has 0 aliphatic carbocycles. The highest BCUT2D eigenvalue weighted by atomic mass is 19.1. The zero-order valence-electron chi connectivity index (χ0n) is 10.6. The molecule has 0 amide bonds. The summed E-state index contributed by atoms with van der Waals surface area (Å²) in [7, 11) is 0. The largest absolute Gasteiger partial charge is 0.294 e. The van der Waals surface area contributed by atoms with Gasteiger partial charge in [0.2, 0.25) is 0 Å². The summed E-state index contributed by atoms with van der Waals surface area (Å²) >= 11 is 0. The van der Waals surface area contributed by atoms with E-state index in [4.69, 9.17) is 0 Å². The smallest absolute Gasteiger partial charge is 0.145 e. The molecule has 96 valence electrons. The molecular formula is C17H11FN2. The number of para-hydroxylation sites is 1. The first kappa shape index (κ1) is 11.2. The number of pyridine rings is 1. The van der Waals surface area contributed by atoms with Crippen LogP contribution in [0, 0.1) is 5.82 Å². The second-order valence-corrected chi connectivity index (χ2v) is 4.71. The lowest BCUT2D eigenvalue weighted by Gasteiger charge is -2.06. The van der Waals surface area contributed by atoms with Crippen molar-refractivity contribution in [2.24, 2.45) is 0 Å². The van der Waals surface area contributed by atoms with Crippen LogP contribution in [-0.4, -0.2) is 9.55 Å². The SMILES string of the molecule is Fc1cccc(-n2c3ccccc3c3cccnc32)c1. The first-order valence-electron chi connectivity index (χ1n) is 6.45. The van der Waals surface area contributed by atoms with Crippen molar-refractivity contribution in [2.45, 2.75) is 0 Å². The van der Waals surface area contributed by atoms with Crippen LogP contribution in [0.4, 0.5) is 4.39 Å². The summed E-state index contributed by atoms with van der Waals surface area (Å²) in [5, 5.41) is 2.20. The van der Waals surface area contributed by atoms with Gasteiger partial charge in [-0.1, -0.05) is 24.3 Å². The van der Waals surface area contributed by atoms with Crippen molar-refractivity contribution in [3.8, 4) is 5.69 Å². The van der Waals surface area contributed by atoms with Gasteiger partial charge < -0.3 is 0 Å². The first-order valence-corrected chi connectivity index (χ1v) is 6.45. The van der Waals surface area contributed by atoms with Gasteiger partial charge in [-0.05, 0) is 36.4 Å². The summed E-state index contributed by atoms with van der Waals surface area (Å²) in [5.41, 5.74) is 2.67. The summed E-state index contributed by atoms with van der Waals surface area (Å²) in [4.78, 5) is 4.46. The zero-order valence-corrected chi connectivity index (χ0v) is 10.6. The molecule has 2 aromatic heterocycles. The summed E-state index contributed by atoms with van der Waals surface area (Å²) in [5.74, 6) is -0.246. The van der Waals surface area contributed by atoms with Gasteiger partial charge in [0.15, 0.2) is 0 Å². The molecule has 0 saturated carbocycles. The van der Waals surface area contributed by atoms with Crippen molar-refractivity contribution in [3.05, 3.63) is 72.7 Å². The minimum Gasteiger partial charge on any atom is -0.294 e. The number of hydrogen-bond donors (Lipinski definition) is 0. The van der Waals surface area contributed by atoms with Crippen molar-refractivity contribution in [2.75, 3.05) is 0 Å². The van der Waals surface area contributed by atoms with E-state index in [9.17, 15) is 4.39 Å². The molecule has 0 aliphatic rings. The molecule has 0 bridgehead atoms. The molecule has 0 spiro atoms. The fourth-order valence-corrected chi connectivity index (χ4v) is 2.67. The van der Waals surface area contributed by atoms with Gasteiger partial charge >= 0.3 is 0 Å². The molecule has 2 nitrogen and oxygen atoms in total. The Morgan fingerprint density at radius 3 is 2.60 bits per heavy atom. The fraction of sp³-hybridized carbons (Fsp3) is 0. The van der Waals surface area contributed by atoms with E-state index in [2.05, 4.69) is 11.1 Å². The van der Waals surface area contributed by atoms with Crippen molar-refractivity contribution in [3.63, 3.8) is 0 Å². The molecule has 0 fully saturated rings. The topological polar surface area (TPSA) is 17.8 Å². The quantitative estimate of drug-likeness (QED) is 0.499. The molecule has 0 saturated heterocycles. The van der Waals surface area contributed by atoms with E-state index in [1.807, 2.05) is 41.0 Å². The molecule has 0 unspecified atom stereocenters. The lowest BCUT2D eigenvalue weighted by atomic mass is 10.2. The van der Waals surface area contributed by atoms with Gasteiger partial charge in [0.25, 0.3) is 0 Å². The Hall–Kier alpha value is -2.68. The van der Waals surface area contributed by atoms with Gasteiger partial charge in [0.1, 0.15) is 11.5 Å². The van der Waals surface area contributed by atoms with E-state index >= 15 is 0 Å². The second kappa shape index (κ2) is 4.17. The predicted molar refractivity (Wildman–Crippen MR) is 78.5 cm³/mol. The van der Waals surface area contributed by atoms with Crippen LogP contribution in [0.25, 0.3) is 27.6 Å². The number of rotatable bonds is 1. The second-order valence-electron chi connectivity index (χ2n) is 4.71. The summed E-state index contributed by atoms with van der Waals surface area (Å²) in [6.07, 6.45) is 1.76. The number of aromatic nitrogens is 2. The Morgan fingerprint density at radius 2 is 1.70 bits per heavy atom. The van der Waals surface area contributed by atoms with Gasteiger partial charge in [-0.2, -0.15) is 0 Å². The zero-order chi connectivity index (χ0) is 13.5. The van der Waals surface area contributed by atoms with E-state index in [-0.39, 0.29) is 5.82 Å². The molecule has 4 rings (SSSR count). The van der Waals surface area contributed by atoms with Gasteiger partial charge in [-0.3, -0.25) is 4.57 Å². The minimum absolute atomic E-state index is 0.246. The van der Waals surface area contributed by atoms with Crippen molar-refractivity contribution in [1.29, 1.82) is 0 Å². The average molecular weight is 262 g/mol. The molecule has 2 aromatic carbocycles. The fourth-order valence-electron chi connectivity index (χ4n) is 2.67. The van der Waals surface area contributed by atoms with Crippen LogP contribution in [0.15, 0.2) is 66.9 Å². The number of benzene rings is 2. The van der Waals surface area contributed by atoms with Gasteiger partial charge in [-0.15, -0.1) is 0 Å². The third-order valence-corrected chi connectivity index (χ3v) is 3.50. The standard InChI is InChI=1S/C17H11FN2/c18-12-5-3-6-13(11-12)20-16-9-2-1-7-14(16)15-8-4-10-19-17(15)20/h1-11H. The lowest BCUT2D eigenvalue weighted by molar-refractivity contribution is 0.627. The Labute approximate surface area is 115 Å². The lowest BCUT2D eigenvalue weighted by Crippen LogP contribution is -1.95. The van der Waals surface area contributed by atoms with Crippen molar-refractivity contribution >= 4 is 21.9 Å². The van der Waals surface area contributed by atoms with Crippen molar-refractivity contribution < 1.29 is 4.39 Å². The van der Waals surface area contributed by atoms with E-state index in [0.717, 1.165) is 27.6 Å². The van der Waals surface area contributed by atoms with Gasteiger partial charge in [-0.25, -0.2) is 9.37 Å². The highest BCUT2D eigenvalue weighted by molar-refractivity contribution is 6.07. The van der Waals surface area contributed by atoms with Crippen LogP contribution in [0.3, 0.4) is 0 Å². The van der Waals surface area contributed by atoms with E-state index in [1.165, 1.54) is 12.1 Å². The van der Waals surface area contributed by atoms with Gasteiger partial charge in [0.05, 0.1) is 11.2 Å². The van der Waals surface area contributed by atoms with Crippen LogP contribution >= 0.6 is 0 Å². The molecule has 0 aliphatic heterocycles. The number of fused-ring (bicyclic) bond motifs is 3. The third kappa shape index (κ3) is 1.53. The van der Waals surface area contributed by atoms with Crippen molar-refractivity contribution in [1.82, 2.24) is 9.55 Å². The summed E-state index contributed by atoms with van der Waals surface area (Å²) < 4.78 is 15.5. The monoisotopic (exact) mass is 262 g/mol. The number of halogens is 1. The Balaban J connectivity index is 2.21. The van der Waals surface area contributed by atoms with Crippen LogP contribution in [0.5, 0.6) is 0 Å². The average Bonchev–Trinajstić information content (AvgIpc) is 2.82. The predicted octanol–water partition coefficient (Wildman–Crippen LogP) is 4.32. The molecule has 20 heavy (non-hydrogen) atoms. The third-order valence-electron chi connectivity index (χ3n) is 3.50. The van der Waals surface area contributed by atoms with Crippen LogP contribution in [-0.2, 0) is 0 Å². The summed E-state index contributed by atoms with van der Waals surface area (Å²) in [6.45, 7) is 0. The molecule has 4 aromatic rings. The maximum Gasteiger partial charge on any atom is 0.145 e. The summed E-state index contributed by atoms with van der Waals surface area (Å²) in [6, 6.07) is 18.6. The van der Waals surface area contributed by atoms with Crippen LogP contribution in [0.1, 0.15) is 0 Å². The molecule has 0 radical (unpaired) electrons. The van der Waals surface area contributed by atoms with E-state index < -0.39 is 0 Å². The number of hydrogen-bond acceptors (Lipinski definition) is 1. The van der Waals surface area contributed by atoms with Gasteiger partial charge in [0, 0.05) is 17.0 Å². The molecule has 0 N–H and O–H groups in total. The molecule has 3 heteroatoms. The molecular weight excluding hydrogens is 251 g/mol. The molecule has 2 heterocycles. The Kier molecular flexibility index (Phi) is 2.33. The normalized spacial score (nSPS) is 11.2. The Bertz CT molecular complexity index is 871. The maximum atomic E-state index is 13.5. The maximum absolute atomic E-state index is 13.5. The minimum atomic E-state index is -0.246. The number of nitrogens with zero attached hydrogens (tertiary/aromatic N) is 2. The Morgan fingerprint density at radius 1 is 0.850 bits per heavy atom. The van der Waals surface area contributed by atoms with E-state index in [0.29, 0.717) is 0 Å². The first-order chi connectivity index (χ1) is 9.84.